The van der Waals surface area contributed by atoms with Gasteiger partial charge in [0.15, 0.2) is 0 Å². The predicted octanol–water partition coefficient (Wildman–Crippen LogP) is 2.98. The van der Waals surface area contributed by atoms with Crippen molar-refractivity contribution in [2.24, 2.45) is 5.92 Å². The Morgan fingerprint density at radius 2 is 1.89 bits per heavy atom. The second-order valence-corrected chi connectivity index (χ2v) is 7.77. The van der Waals surface area contributed by atoms with Crippen molar-refractivity contribution in [2.45, 2.75) is 38.3 Å². The van der Waals surface area contributed by atoms with Crippen LogP contribution in [0.2, 0.25) is 0 Å². The Kier molecular flexibility index (Phi) is 5.44. The molecule has 0 aromatic heterocycles. The molecule has 4 rings (SSSR count). The van der Waals surface area contributed by atoms with E-state index in [4.69, 9.17) is 0 Å². The third kappa shape index (κ3) is 4.09. The molecular formula is C23H26N2O3. The summed E-state index contributed by atoms with van der Waals surface area (Å²) in [6.45, 7) is 1.36. The van der Waals surface area contributed by atoms with E-state index in [9.17, 15) is 14.7 Å². The fourth-order valence-electron chi connectivity index (χ4n) is 3.92. The van der Waals surface area contributed by atoms with Gasteiger partial charge in [-0.1, -0.05) is 36.4 Å². The Labute approximate surface area is 165 Å². The standard InChI is InChI=1S/C23H26N2O3/c26-15-19-5-1-2-9-21(19)17-6-3-7-18(13-17)22(27)24-20-8-4-12-25(14-20)23(28)16-10-11-16/h1-3,5-7,9,13,16,20,26H,4,8,10-12,14-15H2,(H,24,27)/t20-/m0/s1. The minimum Gasteiger partial charge on any atom is -0.392 e. The average molecular weight is 378 g/mol. The van der Waals surface area contributed by atoms with E-state index in [2.05, 4.69) is 5.32 Å². The third-order valence-corrected chi connectivity index (χ3v) is 5.62. The molecule has 5 nitrogen and oxygen atoms in total. The van der Waals surface area contributed by atoms with Crippen LogP contribution in [0.15, 0.2) is 48.5 Å². The van der Waals surface area contributed by atoms with Gasteiger partial charge in [-0.05, 0) is 54.5 Å². The van der Waals surface area contributed by atoms with Crippen molar-refractivity contribution in [3.05, 3.63) is 59.7 Å². The number of rotatable bonds is 5. The molecule has 2 amide bonds. The first-order chi connectivity index (χ1) is 13.7. The molecule has 0 radical (unpaired) electrons. The van der Waals surface area contributed by atoms with Gasteiger partial charge in [0.2, 0.25) is 5.91 Å². The van der Waals surface area contributed by atoms with Crippen LogP contribution in [0.25, 0.3) is 11.1 Å². The molecule has 0 spiro atoms. The molecule has 2 aliphatic rings. The topological polar surface area (TPSA) is 69.6 Å². The summed E-state index contributed by atoms with van der Waals surface area (Å²) in [5.74, 6) is 0.355. The summed E-state index contributed by atoms with van der Waals surface area (Å²) in [6.07, 6.45) is 3.84. The molecule has 2 fully saturated rings. The number of aliphatic hydroxyl groups is 1. The number of piperidine rings is 1. The van der Waals surface area contributed by atoms with Crippen molar-refractivity contribution < 1.29 is 14.7 Å². The molecule has 146 valence electrons. The lowest BCUT2D eigenvalue weighted by Crippen LogP contribution is -2.50. The van der Waals surface area contributed by atoms with Crippen LogP contribution in [0.4, 0.5) is 0 Å². The minimum atomic E-state index is -0.117. The van der Waals surface area contributed by atoms with Crippen molar-refractivity contribution in [1.29, 1.82) is 0 Å². The second-order valence-electron chi connectivity index (χ2n) is 7.77. The summed E-state index contributed by atoms with van der Waals surface area (Å²) in [4.78, 5) is 27.0. The number of carbonyl (C=O) groups excluding carboxylic acids is 2. The van der Waals surface area contributed by atoms with Crippen molar-refractivity contribution in [2.75, 3.05) is 13.1 Å². The van der Waals surface area contributed by atoms with Crippen LogP contribution < -0.4 is 5.32 Å². The number of amides is 2. The van der Waals surface area contributed by atoms with Gasteiger partial charge in [-0.25, -0.2) is 0 Å². The number of nitrogens with zero attached hydrogens (tertiary/aromatic N) is 1. The lowest BCUT2D eigenvalue weighted by atomic mass is 9.98. The Hall–Kier alpha value is -2.66. The third-order valence-electron chi connectivity index (χ3n) is 5.62. The monoisotopic (exact) mass is 378 g/mol. The smallest absolute Gasteiger partial charge is 0.251 e. The highest BCUT2D eigenvalue weighted by Gasteiger charge is 2.35. The Balaban J connectivity index is 1.45. The normalized spacial score (nSPS) is 19.3. The molecule has 2 N–H and O–H groups in total. The zero-order valence-electron chi connectivity index (χ0n) is 15.9. The maximum Gasteiger partial charge on any atom is 0.251 e. The van der Waals surface area contributed by atoms with Crippen LogP contribution in [0, 0.1) is 5.92 Å². The fraction of sp³-hybridized carbons (Fsp3) is 0.391. The maximum atomic E-state index is 12.8. The highest BCUT2D eigenvalue weighted by atomic mass is 16.3. The molecule has 1 aliphatic heterocycles. The summed E-state index contributed by atoms with van der Waals surface area (Å²) < 4.78 is 0. The van der Waals surface area contributed by atoms with E-state index < -0.39 is 0 Å². The number of hydrogen-bond acceptors (Lipinski definition) is 3. The van der Waals surface area contributed by atoms with Gasteiger partial charge in [-0.2, -0.15) is 0 Å². The Morgan fingerprint density at radius 1 is 1.07 bits per heavy atom. The average Bonchev–Trinajstić information content (AvgIpc) is 3.59. The Morgan fingerprint density at radius 3 is 2.68 bits per heavy atom. The molecule has 1 saturated carbocycles. The van der Waals surface area contributed by atoms with Crippen molar-refractivity contribution in [3.8, 4) is 11.1 Å². The molecule has 5 heteroatoms. The van der Waals surface area contributed by atoms with Gasteiger partial charge in [0.1, 0.15) is 0 Å². The minimum absolute atomic E-state index is 0.00247. The van der Waals surface area contributed by atoms with E-state index in [0.29, 0.717) is 12.1 Å². The maximum absolute atomic E-state index is 12.8. The lowest BCUT2D eigenvalue weighted by molar-refractivity contribution is -0.133. The number of likely N-dealkylation sites (tertiary alicyclic amines) is 1. The highest BCUT2D eigenvalue weighted by molar-refractivity contribution is 5.95. The number of carbonyl (C=O) groups is 2. The van der Waals surface area contributed by atoms with Crippen LogP contribution in [0.3, 0.4) is 0 Å². The first kappa shape index (κ1) is 18.7. The van der Waals surface area contributed by atoms with E-state index in [1.807, 2.05) is 47.4 Å². The SMILES string of the molecule is O=C(N[C@H]1CCCN(C(=O)C2CC2)C1)c1cccc(-c2ccccc2CO)c1. The van der Waals surface area contributed by atoms with Crippen LogP contribution >= 0.6 is 0 Å². The first-order valence-corrected chi connectivity index (χ1v) is 10.0. The Bertz CT molecular complexity index is 876. The van der Waals surface area contributed by atoms with E-state index >= 15 is 0 Å². The number of benzene rings is 2. The summed E-state index contributed by atoms with van der Waals surface area (Å²) in [5, 5.41) is 12.7. The molecule has 0 unspecified atom stereocenters. The van der Waals surface area contributed by atoms with Crippen LogP contribution in [0.5, 0.6) is 0 Å². The van der Waals surface area contributed by atoms with E-state index in [-0.39, 0.29) is 30.4 Å². The van der Waals surface area contributed by atoms with Crippen LogP contribution in [-0.4, -0.2) is 41.0 Å². The van der Waals surface area contributed by atoms with Crippen molar-refractivity contribution in [3.63, 3.8) is 0 Å². The lowest BCUT2D eigenvalue weighted by Gasteiger charge is -2.33. The second kappa shape index (κ2) is 8.15. The van der Waals surface area contributed by atoms with E-state index in [0.717, 1.165) is 48.9 Å². The van der Waals surface area contributed by atoms with Crippen LogP contribution in [-0.2, 0) is 11.4 Å². The van der Waals surface area contributed by atoms with Crippen LogP contribution in [0.1, 0.15) is 41.6 Å². The van der Waals surface area contributed by atoms with Gasteiger partial charge in [-0.15, -0.1) is 0 Å². The molecule has 0 bridgehead atoms. The number of nitrogens with one attached hydrogen (secondary N) is 1. The molecule has 1 saturated heterocycles. The van der Waals surface area contributed by atoms with Crippen molar-refractivity contribution in [1.82, 2.24) is 10.2 Å². The molecule has 28 heavy (non-hydrogen) atoms. The summed E-state index contributed by atoms with van der Waals surface area (Å²) in [5.41, 5.74) is 3.27. The summed E-state index contributed by atoms with van der Waals surface area (Å²) >= 11 is 0. The zero-order chi connectivity index (χ0) is 19.5. The zero-order valence-corrected chi connectivity index (χ0v) is 15.9. The summed E-state index contributed by atoms with van der Waals surface area (Å²) in [7, 11) is 0. The largest absolute Gasteiger partial charge is 0.392 e. The summed E-state index contributed by atoms with van der Waals surface area (Å²) in [6, 6.07) is 15.1. The van der Waals surface area contributed by atoms with Gasteiger partial charge in [0, 0.05) is 30.6 Å². The van der Waals surface area contributed by atoms with Gasteiger partial charge in [0.25, 0.3) is 5.91 Å². The fourth-order valence-corrected chi connectivity index (χ4v) is 3.92. The van der Waals surface area contributed by atoms with Gasteiger partial charge in [-0.3, -0.25) is 9.59 Å². The molecule has 1 atom stereocenters. The van der Waals surface area contributed by atoms with E-state index in [1.54, 1.807) is 6.07 Å². The molecule has 1 heterocycles. The molecule has 2 aromatic carbocycles. The van der Waals surface area contributed by atoms with Crippen molar-refractivity contribution >= 4 is 11.8 Å². The predicted molar refractivity (Wildman–Crippen MR) is 108 cm³/mol. The molecular weight excluding hydrogens is 352 g/mol. The first-order valence-electron chi connectivity index (χ1n) is 10.0. The van der Waals surface area contributed by atoms with Gasteiger partial charge >= 0.3 is 0 Å². The molecule has 1 aliphatic carbocycles. The van der Waals surface area contributed by atoms with Gasteiger partial charge < -0.3 is 15.3 Å². The van der Waals surface area contributed by atoms with E-state index in [1.165, 1.54) is 0 Å². The number of hydrogen-bond donors (Lipinski definition) is 2. The quantitative estimate of drug-likeness (QED) is 0.840. The van der Waals surface area contributed by atoms with Gasteiger partial charge in [0.05, 0.1) is 6.61 Å². The number of aliphatic hydroxyl groups excluding tert-OH is 1. The highest BCUT2D eigenvalue weighted by Crippen LogP contribution is 2.32. The molecule has 2 aromatic rings.